The first-order valence-electron chi connectivity index (χ1n) is 4.50. The standard InChI is InChI=1S/C8H20N4/c1-3-4-5-6-7(2)11-8(9)12-10/h7H,3-6,10H2,1-2H3,(H3,9,11,12). The number of unbranched alkanes of at least 4 members (excludes halogenated alkanes) is 2. The molecule has 0 aromatic heterocycles. The van der Waals surface area contributed by atoms with Gasteiger partial charge < -0.3 is 5.73 Å². The average molecular weight is 172 g/mol. The summed E-state index contributed by atoms with van der Waals surface area (Å²) in [5.41, 5.74) is 7.71. The van der Waals surface area contributed by atoms with Crippen LogP contribution in [0.4, 0.5) is 0 Å². The second-order valence-electron chi connectivity index (χ2n) is 3.00. The van der Waals surface area contributed by atoms with Gasteiger partial charge in [-0.2, -0.15) is 0 Å². The van der Waals surface area contributed by atoms with Crippen LogP contribution in [0.25, 0.3) is 0 Å². The van der Waals surface area contributed by atoms with E-state index in [2.05, 4.69) is 17.3 Å². The van der Waals surface area contributed by atoms with Crippen LogP contribution in [0, 0.1) is 0 Å². The Morgan fingerprint density at radius 2 is 2.17 bits per heavy atom. The Hall–Kier alpha value is -0.770. The molecule has 0 saturated heterocycles. The average Bonchev–Trinajstić information content (AvgIpc) is 2.05. The molecule has 0 heterocycles. The van der Waals surface area contributed by atoms with E-state index in [-0.39, 0.29) is 6.04 Å². The van der Waals surface area contributed by atoms with Gasteiger partial charge in [-0.05, 0) is 13.3 Å². The molecule has 0 saturated carbocycles. The van der Waals surface area contributed by atoms with Crippen LogP contribution in [0.3, 0.4) is 0 Å². The normalized spacial score (nSPS) is 14.4. The summed E-state index contributed by atoms with van der Waals surface area (Å²) in [6.45, 7) is 4.23. The number of hydrogen-bond acceptors (Lipinski definition) is 2. The molecule has 12 heavy (non-hydrogen) atoms. The molecule has 4 nitrogen and oxygen atoms in total. The van der Waals surface area contributed by atoms with E-state index in [0.717, 1.165) is 6.42 Å². The Bertz CT molecular complexity index is 133. The van der Waals surface area contributed by atoms with Crippen LogP contribution in [-0.2, 0) is 0 Å². The lowest BCUT2D eigenvalue weighted by atomic mass is 10.1. The lowest BCUT2D eigenvalue weighted by Crippen LogP contribution is -2.37. The number of nitrogens with zero attached hydrogens (tertiary/aromatic N) is 1. The van der Waals surface area contributed by atoms with Crippen LogP contribution < -0.4 is 17.0 Å². The van der Waals surface area contributed by atoms with Gasteiger partial charge in [-0.15, -0.1) is 0 Å². The van der Waals surface area contributed by atoms with Crippen LogP contribution in [0.15, 0.2) is 4.99 Å². The Labute approximate surface area is 74.4 Å². The zero-order valence-corrected chi connectivity index (χ0v) is 8.01. The molecule has 0 aliphatic rings. The van der Waals surface area contributed by atoms with Gasteiger partial charge in [0, 0.05) is 0 Å². The number of aliphatic imine (C=N–C) groups is 1. The third kappa shape index (κ3) is 5.97. The van der Waals surface area contributed by atoms with Crippen molar-refractivity contribution in [1.29, 1.82) is 0 Å². The molecule has 1 atom stereocenters. The molecule has 0 aromatic rings. The third-order valence-corrected chi connectivity index (χ3v) is 1.73. The number of guanidine groups is 1. The van der Waals surface area contributed by atoms with Gasteiger partial charge in [0.1, 0.15) is 0 Å². The fourth-order valence-corrected chi connectivity index (χ4v) is 1.03. The van der Waals surface area contributed by atoms with Crippen molar-refractivity contribution in [2.24, 2.45) is 16.6 Å². The number of rotatable bonds is 5. The molecule has 0 radical (unpaired) electrons. The highest BCUT2D eigenvalue weighted by Gasteiger charge is 1.98. The van der Waals surface area contributed by atoms with Gasteiger partial charge in [-0.1, -0.05) is 26.2 Å². The van der Waals surface area contributed by atoms with Crippen molar-refractivity contribution < 1.29 is 0 Å². The number of hydrogen-bond donors (Lipinski definition) is 3. The molecule has 0 spiro atoms. The van der Waals surface area contributed by atoms with Crippen LogP contribution in [0.2, 0.25) is 0 Å². The maximum Gasteiger partial charge on any atom is 0.203 e. The SMILES string of the molecule is CCCCCC(C)N=C(N)NN. The summed E-state index contributed by atoms with van der Waals surface area (Å²) in [4.78, 5) is 4.13. The molecule has 4 heteroatoms. The van der Waals surface area contributed by atoms with Crippen LogP contribution in [0.1, 0.15) is 39.5 Å². The van der Waals surface area contributed by atoms with Gasteiger partial charge in [0.15, 0.2) is 0 Å². The summed E-state index contributed by atoms with van der Waals surface area (Å²) >= 11 is 0. The van der Waals surface area contributed by atoms with Crippen molar-refractivity contribution in [3.63, 3.8) is 0 Å². The highest BCUT2D eigenvalue weighted by atomic mass is 15.3. The Kier molecular flexibility index (Phi) is 6.47. The number of nitrogens with one attached hydrogen (secondary N) is 1. The molecule has 5 N–H and O–H groups in total. The van der Waals surface area contributed by atoms with Crippen molar-refractivity contribution in [3.05, 3.63) is 0 Å². The maximum absolute atomic E-state index is 5.39. The summed E-state index contributed by atoms with van der Waals surface area (Å²) in [7, 11) is 0. The van der Waals surface area contributed by atoms with Crippen LogP contribution in [-0.4, -0.2) is 12.0 Å². The summed E-state index contributed by atoms with van der Waals surface area (Å²) in [6, 6.07) is 0.271. The summed E-state index contributed by atoms with van der Waals surface area (Å²) < 4.78 is 0. The van der Waals surface area contributed by atoms with E-state index < -0.39 is 0 Å². The highest BCUT2D eigenvalue weighted by molar-refractivity contribution is 5.77. The monoisotopic (exact) mass is 172 g/mol. The van der Waals surface area contributed by atoms with Gasteiger partial charge >= 0.3 is 0 Å². The first-order chi connectivity index (χ1) is 5.70. The molecule has 0 fully saturated rings. The van der Waals surface area contributed by atoms with E-state index in [4.69, 9.17) is 11.6 Å². The Balaban J connectivity index is 3.51. The second-order valence-corrected chi connectivity index (χ2v) is 3.00. The maximum atomic E-state index is 5.39. The lowest BCUT2D eigenvalue weighted by molar-refractivity contribution is 0.591. The molecule has 0 aliphatic carbocycles. The number of nitrogens with two attached hydrogens (primary N) is 2. The minimum Gasteiger partial charge on any atom is -0.369 e. The summed E-state index contributed by atoms with van der Waals surface area (Å²) in [6.07, 6.45) is 4.78. The molecular weight excluding hydrogens is 152 g/mol. The quantitative estimate of drug-likeness (QED) is 0.188. The van der Waals surface area contributed by atoms with Gasteiger partial charge in [0.25, 0.3) is 0 Å². The second kappa shape index (κ2) is 6.91. The third-order valence-electron chi connectivity index (χ3n) is 1.73. The summed E-state index contributed by atoms with van der Waals surface area (Å²) in [5, 5.41) is 0. The van der Waals surface area contributed by atoms with Gasteiger partial charge in [0.05, 0.1) is 6.04 Å². The van der Waals surface area contributed by atoms with Crippen molar-refractivity contribution in [2.45, 2.75) is 45.6 Å². The fourth-order valence-electron chi connectivity index (χ4n) is 1.03. The zero-order valence-electron chi connectivity index (χ0n) is 8.01. The minimum absolute atomic E-state index is 0.271. The Morgan fingerprint density at radius 1 is 1.50 bits per heavy atom. The van der Waals surface area contributed by atoms with Crippen LogP contribution >= 0.6 is 0 Å². The fraction of sp³-hybridized carbons (Fsp3) is 0.875. The highest BCUT2D eigenvalue weighted by Crippen LogP contribution is 2.05. The van der Waals surface area contributed by atoms with Gasteiger partial charge in [0.2, 0.25) is 5.96 Å². The Morgan fingerprint density at radius 3 is 2.67 bits per heavy atom. The largest absolute Gasteiger partial charge is 0.369 e. The predicted molar refractivity (Wildman–Crippen MR) is 52.5 cm³/mol. The first-order valence-corrected chi connectivity index (χ1v) is 4.50. The lowest BCUT2D eigenvalue weighted by Gasteiger charge is -2.06. The van der Waals surface area contributed by atoms with Crippen molar-refractivity contribution in [3.8, 4) is 0 Å². The van der Waals surface area contributed by atoms with E-state index in [1.165, 1.54) is 19.3 Å². The zero-order chi connectivity index (χ0) is 9.40. The molecule has 0 amide bonds. The van der Waals surface area contributed by atoms with E-state index in [1.807, 2.05) is 6.92 Å². The first kappa shape index (κ1) is 11.2. The predicted octanol–water partition coefficient (Wildman–Crippen LogP) is 0.733. The van der Waals surface area contributed by atoms with Gasteiger partial charge in [-0.25, -0.2) is 10.8 Å². The molecule has 1 unspecified atom stereocenters. The van der Waals surface area contributed by atoms with E-state index >= 15 is 0 Å². The molecule has 72 valence electrons. The van der Waals surface area contributed by atoms with Crippen molar-refractivity contribution in [2.75, 3.05) is 0 Å². The smallest absolute Gasteiger partial charge is 0.203 e. The van der Waals surface area contributed by atoms with Crippen LogP contribution in [0.5, 0.6) is 0 Å². The molecule has 0 aliphatic heterocycles. The van der Waals surface area contributed by atoms with Crippen molar-refractivity contribution in [1.82, 2.24) is 5.43 Å². The molecular formula is C8H20N4. The molecule has 0 aromatic carbocycles. The van der Waals surface area contributed by atoms with Crippen molar-refractivity contribution >= 4 is 5.96 Å². The van der Waals surface area contributed by atoms with E-state index in [1.54, 1.807) is 0 Å². The molecule has 0 bridgehead atoms. The number of hydrazine groups is 1. The van der Waals surface area contributed by atoms with E-state index in [9.17, 15) is 0 Å². The topological polar surface area (TPSA) is 76.4 Å². The molecule has 0 rings (SSSR count). The van der Waals surface area contributed by atoms with E-state index in [0.29, 0.717) is 5.96 Å². The summed E-state index contributed by atoms with van der Waals surface area (Å²) in [5.74, 6) is 5.39. The minimum atomic E-state index is 0.271. The van der Waals surface area contributed by atoms with Gasteiger partial charge in [-0.3, -0.25) is 5.43 Å².